The normalized spacial score (nSPS) is 9.33. The van der Waals surface area contributed by atoms with E-state index in [2.05, 4.69) is 0 Å². The Morgan fingerprint density at radius 3 is 2.67 bits per heavy atom. The first-order valence-electron chi connectivity index (χ1n) is 2.18. The minimum absolute atomic E-state index is 0.0671. The van der Waals surface area contributed by atoms with Gasteiger partial charge in [-0.15, -0.1) is 11.3 Å². The van der Waals surface area contributed by atoms with E-state index in [1.54, 1.807) is 0 Å². The molecule has 0 saturated heterocycles. The van der Waals surface area contributed by atoms with Crippen molar-refractivity contribution in [2.24, 2.45) is 0 Å². The predicted molar refractivity (Wildman–Crippen MR) is 35.4 cm³/mol. The Morgan fingerprint density at radius 1 is 1.78 bits per heavy atom. The second-order valence-electron chi connectivity index (χ2n) is 1.46. The van der Waals surface area contributed by atoms with Gasteiger partial charge >= 0.3 is 0 Å². The molecule has 0 amide bonds. The van der Waals surface area contributed by atoms with Crippen molar-refractivity contribution in [1.29, 1.82) is 0 Å². The van der Waals surface area contributed by atoms with Crippen LogP contribution in [-0.2, 0) is 0 Å². The summed E-state index contributed by atoms with van der Waals surface area (Å²) in [4.78, 5) is 9.51. The van der Waals surface area contributed by atoms with E-state index in [-0.39, 0.29) is 5.69 Å². The first-order chi connectivity index (χ1) is 4.20. The van der Waals surface area contributed by atoms with Gasteiger partial charge in [-0.2, -0.15) is 0 Å². The van der Waals surface area contributed by atoms with Crippen LogP contribution in [0.2, 0.25) is 0 Å². The van der Waals surface area contributed by atoms with Gasteiger partial charge in [-0.3, -0.25) is 10.1 Å². The summed E-state index contributed by atoms with van der Waals surface area (Å²) < 4.78 is 0. The zero-order chi connectivity index (χ0) is 6.85. The van der Waals surface area contributed by atoms with E-state index < -0.39 is 4.92 Å². The minimum atomic E-state index is -0.465. The lowest BCUT2D eigenvalue weighted by Crippen LogP contribution is -1.83. The van der Waals surface area contributed by atoms with E-state index in [0.717, 1.165) is 0 Å². The van der Waals surface area contributed by atoms with Gasteiger partial charge in [0, 0.05) is 0 Å². The molecule has 9 heavy (non-hydrogen) atoms. The summed E-state index contributed by atoms with van der Waals surface area (Å²) in [6, 6.07) is 1.34. The molecule has 1 aromatic rings. The van der Waals surface area contributed by atoms with Gasteiger partial charge in [0.1, 0.15) is 0 Å². The Morgan fingerprint density at radius 2 is 2.44 bits per heavy atom. The van der Waals surface area contributed by atoms with Crippen molar-refractivity contribution in [3.8, 4) is 0 Å². The summed E-state index contributed by atoms with van der Waals surface area (Å²) in [5.74, 6) is 0. The molecule has 0 saturated carbocycles. The van der Waals surface area contributed by atoms with Crippen molar-refractivity contribution in [3.63, 3.8) is 0 Å². The number of nitrogen functional groups attached to an aromatic ring is 1. The first kappa shape index (κ1) is 6.03. The maximum atomic E-state index is 9.97. The molecule has 0 aromatic carbocycles. The Balaban J connectivity index is 2.98. The zero-order valence-electron chi connectivity index (χ0n) is 4.40. The molecule has 2 N–H and O–H groups in total. The Kier molecular flexibility index (Phi) is 1.35. The monoisotopic (exact) mass is 144 g/mol. The predicted octanol–water partition coefficient (Wildman–Crippen LogP) is 1.24. The zero-order valence-corrected chi connectivity index (χ0v) is 5.22. The molecule has 5 heteroatoms. The molecule has 4 nitrogen and oxygen atoms in total. The molecule has 0 fully saturated rings. The lowest BCUT2D eigenvalue weighted by Gasteiger charge is -1.78. The second kappa shape index (κ2) is 2.02. The SMILES string of the molecule is Nc1cc([N+](=O)[O-])cs1. The van der Waals surface area contributed by atoms with Crippen LogP contribution in [0.5, 0.6) is 0 Å². The van der Waals surface area contributed by atoms with E-state index in [9.17, 15) is 10.1 Å². The molecule has 48 valence electrons. The van der Waals surface area contributed by atoms with Gasteiger partial charge in [-0.1, -0.05) is 0 Å². The molecule has 0 aliphatic carbocycles. The fourth-order valence-electron chi connectivity index (χ4n) is 0.438. The topological polar surface area (TPSA) is 69.2 Å². The molecule has 0 bridgehead atoms. The number of nitrogens with zero attached hydrogens (tertiary/aromatic N) is 1. The van der Waals surface area contributed by atoms with Crippen molar-refractivity contribution in [3.05, 3.63) is 21.6 Å². The summed E-state index contributed by atoms with van der Waals surface area (Å²) in [6.45, 7) is 0. The number of anilines is 1. The van der Waals surface area contributed by atoms with Crippen molar-refractivity contribution in [2.45, 2.75) is 0 Å². The highest BCUT2D eigenvalue weighted by atomic mass is 32.1. The highest BCUT2D eigenvalue weighted by molar-refractivity contribution is 7.14. The molecule has 0 spiro atoms. The molecule has 0 atom stereocenters. The lowest BCUT2D eigenvalue weighted by molar-refractivity contribution is -0.384. The fraction of sp³-hybridized carbons (Fsp3) is 0. The number of nitrogens with two attached hydrogens (primary N) is 1. The van der Waals surface area contributed by atoms with Crippen LogP contribution in [-0.4, -0.2) is 4.92 Å². The van der Waals surface area contributed by atoms with Gasteiger partial charge in [0.15, 0.2) is 0 Å². The Hall–Kier alpha value is -1.10. The van der Waals surface area contributed by atoms with Crippen LogP contribution in [0.15, 0.2) is 11.4 Å². The van der Waals surface area contributed by atoms with E-state index in [1.807, 2.05) is 0 Å². The number of hydrogen-bond acceptors (Lipinski definition) is 4. The maximum Gasteiger partial charge on any atom is 0.282 e. The van der Waals surface area contributed by atoms with Crippen LogP contribution in [0.1, 0.15) is 0 Å². The van der Waals surface area contributed by atoms with E-state index in [4.69, 9.17) is 5.73 Å². The number of thiophene rings is 1. The van der Waals surface area contributed by atoms with Gasteiger partial charge in [-0.25, -0.2) is 0 Å². The highest BCUT2D eigenvalue weighted by Gasteiger charge is 2.05. The molecule has 1 aromatic heterocycles. The van der Waals surface area contributed by atoms with E-state index in [0.29, 0.717) is 5.00 Å². The third kappa shape index (κ3) is 1.17. The number of hydrogen-bond donors (Lipinski definition) is 1. The first-order valence-corrected chi connectivity index (χ1v) is 3.06. The average molecular weight is 144 g/mol. The van der Waals surface area contributed by atoms with Crippen LogP contribution < -0.4 is 5.73 Å². The second-order valence-corrected chi connectivity index (χ2v) is 2.41. The molecule has 1 rings (SSSR count). The number of nitro groups is 1. The summed E-state index contributed by atoms with van der Waals surface area (Å²) in [5.41, 5.74) is 5.30. The fourth-order valence-corrected chi connectivity index (χ4v) is 1.04. The van der Waals surface area contributed by atoms with Gasteiger partial charge in [0.05, 0.1) is 21.4 Å². The number of rotatable bonds is 1. The minimum Gasteiger partial charge on any atom is -0.390 e. The largest absolute Gasteiger partial charge is 0.390 e. The van der Waals surface area contributed by atoms with Gasteiger partial charge in [-0.05, 0) is 0 Å². The molecule has 0 aliphatic rings. The summed E-state index contributed by atoms with van der Waals surface area (Å²) in [5, 5.41) is 11.9. The quantitative estimate of drug-likeness (QED) is 0.476. The average Bonchev–Trinajstić information content (AvgIpc) is 2.14. The third-order valence-corrected chi connectivity index (χ3v) is 1.57. The van der Waals surface area contributed by atoms with Crippen LogP contribution in [0.4, 0.5) is 10.7 Å². The molecule has 1 heterocycles. The third-order valence-electron chi connectivity index (χ3n) is 0.817. The van der Waals surface area contributed by atoms with Crippen molar-refractivity contribution in [1.82, 2.24) is 0 Å². The molecular weight excluding hydrogens is 140 g/mol. The van der Waals surface area contributed by atoms with Crippen LogP contribution in [0.3, 0.4) is 0 Å². The highest BCUT2D eigenvalue weighted by Crippen LogP contribution is 2.22. The maximum absolute atomic E-state index is 9.97. The molecule has 0 aliphatic heterocycles. The van der Waals surface area contributed by atoms with Crippen LogP contribution in [0.25, 0.3) is 0 Å². The summed E-state index contributed by atoms with van der Waals surface area (Å²) in [7, 11) is 0. The van der Waals surface area contributed by atoms with Crippen LogP contribution >= 0.6 is 11.3 Å². The van der Waals surface area contributed by atoms with Gasteiger partial charge in [0.2, 0.25) is 0 Å². The summed E-state index contributed by atoms with van der Waals surface area (Å²) in [6.07, 6.45) is 0. The smallest absolute Gasteiger partial charge is 0.282 e. The van der Waals surface area contributed by atoms with Gasteiger partial charge in [0.25, 0.3) is 5.69 Å². The van der Waals surface area contributed by atoms with Crippen molar-refractivity contribution >= 4 is 22.0 Å². The molecular formula is C4H4N2O2S. The van der Waals surface area contributed by atoms with Gasteiger partial charge < -0.3 is 5.73 Å². The summed E-state index contributed by atoms with van der Waals surface area (Å²) >= 11 is 1.17. The molecule has 0 radical (unpaired) electrons. The standard InChI is InChI=1S/C4H4N2O2S/c5-4-1-3(2-9-4)6(7)8/h1-2H,5H2. The van der Waals surface area contributed by atoms with E-state index in [1.165, 1.54) is 22.8 Å². The lowest BCUT2D eigenvalue weighted by atomic mass is 10.5. The van der Waals surface area contributed by atoms with Crippen molar-refractivity contribution < 1.29 is 4.92 Å². The Labute approximate surface area is 55.1 Å². The van der Waals surface area contributed by atoms with E-state index >= 15 is 0 Å². The van der Waals surface area contributed by atoms with Crippen molar-refractivity contribution in [2.75, 3.05) is 5.73 Å². The molecule has 0 unspecified atom stereocenters. The van der Waals surface area contributed by atoms with Crippen LogP contribution in [0, 0.1) is 10.1 Å². The Bertz CT molecular complexity index is 232.